The number of rotatable bonds is 0. The van der Waals surface area contributed by atoms with Crippen molar-refractivity contribution in [2.75, 3.05) is 0 Å². The van der Waals surface area contributed by atoms with Crippen LogP contribution in [-0.2, 0) is 0 Å². The molecule has 0 saturated heterocycles. The maximum atomic E-state index is 13.0. The zero-order chi connectivity index (χ0) is 8.55. The summed E-state index contributed by atoms with van der Waals surface area (Å²) in [6.07, 6.45) is 1.16. The molecule has 0 saturated carbocycles. The number of halogens is 1. The normalized spacial score (nSPS) is 10.4. The van der Waals surface area contributed by atoms with Gasteiger partial charge in [0.2, 0.25) is 5.52 Å². The van der Waals surface area contributed by atoms with Gasteiger partial charge in [0.25, 0.3) is 0 Å². The second-order valence-electron chi connectivity index (χ2n) is 2.51. The average Bonchev–Trinajstić information content (AvgIpc) is 2.12. The molecule has 0 N–H and O–H groups in total. The summed E-state index contributed by atoms with van der Waals surface area (Å²) in [5.74, 6) is -0.363. The van der Waals surface area contributed by atoms with Crippen molar-refractivity contribution in [1.82, 2.24) is 0 Å². The molecule has 0 spiro atoms. The number of fused-ring (bicyclic) bond motifs is 1. The summed E-state index contributed by atoms with van der Waals surface area (Å²) in [4.78, 5) is 0. The van der Waals surface area contributed by atoms with Crippen molar-refractivity contribution in [1.29, 1.82) is 0 Å². The van der Waals surface area contributed by atoms with Crippen molar-refractivity contribution in [3.05, 3.63) is 47.6 Å². The van der Waals surface area contributed by atoms with Gasteiger partial charge in [0.1, 0.15) is 5.82 Å². The summed E-state index contributed by atoms with van der Waals surface area (Å²) in [6.45, 7) is 0. The van der Waals surface area contributed by atoms with E-state index in [0.717, 1.165) is 12.3 Å². The number of nitrogens with zero attached hydrogens (tertiary/aromatic N) is 1. The van der Waals surface area contributed by atoms with Crippen LogP contribution in [-0.4, -0.2) is 0 Å². The largest absolute Gasteiger partial charge is 0.618 e. The van der Waals surface area contributed by atoms with Crippen molar-refractivity contribution < 1.29 is 9.12 Å². The van der Waals surface area contributed by atoms with Crippen molar-refractivity contribution in [3.63, 3.8) is 0 Å². The smallest absolute Gasteiger partial charge is 0.226 e. The van der Waals surface area contributed by atoms with Crippen LogP contribution in [0.2, 0.25) is 0 Å². The van der Waals surface area contributed by atoms with E-state index in [2.05, 4.69) is 0 Å². The maximum Gasteiger partial charge on any atom is 0.226 e. The van der Waals surface area contributed by atoms with E-state index in [-0.39, 0.29) is 5.82 Å². The van der Waals surface area contributed by atoms with Crippen molar-refractivity contribution >= 4 is 10.9 Å². The van der Waals surface area contributed by atoms with E-state index in [1.807, 2.05) is 0 Å². The minimum atomic E-state index is -0.363. The molecule has 2 nitrogen and oxygen atoms in total. The Balaban J connectivity index is 2.95. The van der Waals surface area contributed by atoms with Crippen LogP contribution in [0.3, 0.4) is 0 Å². The van der Waals surface area contributed by atoms with Gasteiger partial charge >= 0.3 is 0 Å². The number of pyridine rings is 1. The molecule has 3 heteroatoms. The summed E-state index contributed by atoms with van der Waals surface area (Å²) in [7, 11) is 0. The Hall–Kier alpha value is -1.64. The highest BCUT2D eigenvalue weighted by molar-refractivity contribution is 5.75. The molecule has 0 aliphatic rings. The van der Waals surface area contributed by atoms with Gasteiger partial charge in [0.05, 0.1) is 5.39 Å². The van der Waals surface area contributed by atoms with Crippen molar-refractivity contribution in [3.8, 4) is 0 Å². The summed E-state index contributed by atoms with van der Waals surface area (Å²) >= 11 is 0. The third kappa shape index (κ3) is 0.906. The van der Waals surface area contributed by atoms with Gasteiger partial charge in [-0.15, -0.1) is 0 Å². The summed E-state index contributed by atoms with van der Waals surface area (Å²) < 4.78 is 13.7. The molecule has 0 bridgehead atoms. The molecule has 0 radical (unpaired) electrons. The molecule has 2 aromatic rings. The van der Waals surface area contributed by atoms with Crippen LogP contribution in [0.1, 0.15) is 0 Å². The predicted octanol–water partition coefficient (Wildman–Crippen LogP) is 1.61. The first-order valence-corrected chi connectivity index (χ1v) is 3.55. The maximum absolute atomic E-state index is 13.0. The van der Waals surface area contributed by atoms with E-state index in [4.69, 9.17) is 0 Å². The number of hydrogen-bond donors (Lipinski definition) is 0. The standard InChI is InChI=1S/C9H6FNO/c10-8-5-6-11(12)9-4-2-1-3-7(8)9/h1-6H. The first kappa shape index (κ1) is 7.03. The van der Waals surface area contributed by atoms with Gasteiger partial charge in [0.15, 0.2) is 6.20 Å². The summed E-state index contributed by atoms with van der Waals surface area (Å²) in [5.41, 5.74) is 0.359. The minimum absolute atomic E-state index is 0.356. The molecule has 1 heterocycles. The van der Waals surface area contributed by atoms with Gasteiger partial charge in [0, 0.05) is 12.1 Å². The molecule has 0 fully saturated rings. The highest BCUT2D eigenvalue weighted by Gasteiger charge is 2.05. The van der Waals surface area contributed by atoms with Crippen LogP contribution in [0, 0.1) is 11.0 Å². The molecule has 2 rings (SSSR count). The molecular weight excluding hydrogens is 157 g/mol. The lowest BCUT2D eigenvalue weighted by Crippen LogP contribution is -2.26. The number of hydrogen-bond acceptors (Lipinski definition) is 1. The third-order valence-corrected chi connectivity index (χ3v) is 1.76. The first-order chi connectivity index (χ1) is 5.79. The predicted molar refractivity (Wildman–Crippen MR) is 42.9 cm³/mol. The highest BCUT2D eigenvalue weighted by Crippen LogP contribution is 2.12. The van der Waals surface area contributed by atoms with E-state index < -0.39 is 0 Å². The van der Waals surface area contributed by atoms with Crippen LogP contribution in [0.5, 0.6) is 0 Å². The van der Waals surface area contributed by atoms with Crippen LogP contribution >= 0.6 is 0 Å². The molecule has 0 atom stereocenters. The minimum Gasteiger partial charge on any atom is -0.618 e. The summed E-state index contributed by atoms with van der Waals surface area (Å²) in [5, 5.41) is 11.4. The Morgan fingerprint density at radius 3 is 2.67 bits per heavy atom. The quantitative estimate of drug-likeness (QED) is 0.428. The van der Waals surface area contributed by atoms with Crippen LogP contribution in [0.15, 0.2) is 36.5 Å². The fourth-order valence-corrected chi connectivity index (χ4v) is 1.17. The molecule has 12 heavy (non-hydrogen) atoms. The van der Waals surface area contributed by atoms with Crippen molar-refractivity contribution in [2.24, 2.45) is 0 Å². The molecule has 0 aliphatic heterocycles. The molecule has 60 valence electrons. The van der Waals surface area contributed by atoms with E-state index in [0.29, 0.717) is 15.6 Å². The molecule has 1 aromatic carbocycles. The first-order valence-electron chi connectivity index (χ1n) is 3.55. The fraction of sp³-hybridized carbons (Fsp3) is 0. The van der Waals surface area contributed by atoms with Gasteiger partial charge in [-0.3, -0.25) is 0 Å². The summed E-state index contributed by atoms with van der Waals surface area (Å²) in [6, 6.07) is 7.74. The lowest BCUT2D eigenvalue weighted by atomic mass is 10.2. The van der Waals surface area contributed by atoms with Gasteiger partial charge < -0.3 is 5.21 Å². The van der Waals surface area contributed by atoms with Crippen LogP contribution < -0.4 is 4.73 Å². The SMILES string of the molecule is [O-][n+]1ccc(F)c2ccccc21. The van der Waals surface area contributed by atoms with Gasteiger partial charge in [-0.2, -0.15) is 4.73 Å². The fourth-order valence-electron chi connectivity index (χ4n) is 1.17. The number of aromatic nitrogens is 1. The third-order valence-electron chi connectivity index (χ3n) is 1.76. The zero-order valence-corrected chi connectivity index (χ0v) is 6.20. The molecular formula is C9H6FNO. The van der Waals surface area contributed by atoms with Crippen molar-refractivity contribution in [2.45, 2.75) is 0 Å². The Labute approximate surface area is 68.5 Å². The van der Waals surface area contributed by atoms with E-state index in [1.165, 1.54) is 0 Å². The second-order valence-corrected chi connectivity index (χ2v) is 2.51. The monoisotopic (exact) mass is 163 g/mol. The Kier molecular flexibility index (Phi) is 1.43. The van der Waals surface area contributed by atoms with Crippen LogP contribution in [0.25, 0.3) is 10.9 Å². The second kappa shape index (κ2) is 2.44. The topological polar surface area (TPSA) is 26.9 Å². The number of para-hydroxylation sites is 1. The lowest BCUT2D eigenvalue weighted by molar-refractivity contribution is -0.577. The number of benzene rings is 1. The Morgan fingerprint density at radius 2 is 1.92 bits per heavy atom. The highest BCUT2D eigenvalue weighted by atomic mass is 19.1. The van der Waals surface area contributed by atoms with Crippen LogP contribution in [0.4, 0.5) is 4.39 Å². The molecule has 1 aromatic heterocycles. The Bertz CT molecular complexity index is 387. The lowest BCUT2D eigenvalue weighted by Gasteiger charge is -2.00. The van der Waals surface area contributed by atoms with E-state index in [9.17, 15) is 9.60 Å². The van der Waals surface area contributed by atoms with E-state index in [1.54, 1.807) is 24.3 Å². The van der Waals surface area contributed by atoms with E-state index >= 15 is 0 Å². The Morgan fingerprint density at radius 1 is 1.17 bits per heavy atom. The zero-order valence-electron chi connectivity index (χ0n) is 6.20. The van der Waals surface area contributed by atoms with Gasteiger partial charge in [-0.1, -0.05) is 12.1 Å². The molecule has 0 aliphatic carbocycles. The molecule has 0 amide bonds. The van der Waals surface area contributed by atoms with Gasteiger partial charge in [-0.05, 0) is 6.07 Å². The van der Waals surface area contributed by atoms with Gasteiger partial charge in [-0.25, -0.2) is 4.39 Å². The molecule has 0 unspecified atom stereocenters. The average molecular weight is 163 g/mol.